The molecule has 8 nitrogen and oxygen atoms in total. The highest BCUT2D eigenvalue weighted by Crippen LogP contribution is 2.28. The zero-order chi connectivity index (χ0) is 24.0. The Morgan fingerprint density at radius 2 is 1.85 bits per heavy atom. The summed E-state index contributed by atoms with van der Waals surface area (Å²) >= 11 is 7.10. The Kier molecular flexibility index (Phi) is 8.41. The molecular formula is C22H25ClN4O4S2. The second-order valence-electron chi connectivity index (χ2n) is 7.24. The number of urea groups is 1. The molecule has 176 valence electrons. The van der Waals surface area contributed by atoms with Crippen LogP contribution in [0.4, 0.5) is 9.93 Å². The Morgan fingerprint density at radius 1 is 1.12 bits per heavy atom. The molecule has 0 atom stereocenters. The van der Waals surface area contributed by atoms with Crippen molar-refractivity contribution in [3.8, 4) is 0 Å². The van der Waals surface area contributed by atoms with Gasteiger partial charge in [0.05, 0.1) is 31.5 Å². The molecule has 33 heavy (non-hydrogen) atoms. The number of anilines is 1. The first kappa shape index (κ1) is 25.1. The molecule has 0 bridgehead atoms. The summed E-state index contributed by atoms with van der Waals surface area (Å²) in [6, 6.07) is 10.3. The summed E-state index contributed by atoms with van der Waals surface area (Å²) in [5, 5.41) is 5.18. The summed E-state index contributed by atoms with van der Waals surface area (Å²) in [6.07, 6.45) is 0.553. The summed E-state index contributed by atoms with van der Waals surface area (Å²) in [5.74, 6) is -0.580. The van der Waals surface area contributed by atoms with Gasteiger partial charge < -0.3 is 4.90 Å². The number of carbonyl (C=O) groups excluding carboxylic acids is 2. The quantitative estimate of drug-likeness (QED) is 0.443. The first-order valence-electron chi connectivity index (χ1n) is 10.5. The number of amides is 3. The number of imide groups is 1. The van der Waals surface area contributed by atoms with Crippen LogP contribution in [0.1, 0.15) is 30.6 Å². The zero-order valence-electron chi connectivity index (χ0n) is 18.3. The Morgan fingerprint density at radius 3 is 2.55 bits per heavy atom. The van der Waals surface area contributed by atoms with Crippen LogP contribution in [-0.4, -0.2) is 55.6 Å². The van der Waals surface area contributed by atoms with Crippen molar-refractivity contribution in [1.82, 2.24) is 15.2 Å². The number of halogens is 1. The van der Waals surface area contributed by atoms with Crippen LogP contribution in [0.15, 0.2) is 47.4 Å². The molecule has 0 aliphatic rings. The summed E-state index contributed by atoms with van der Waals surface area (Å²) in [6.45, 7) is 6.60. The van der Waals surface area contributed by atoms with E-state index in [1.54, 1.807) is 30.3 Å². The van der Waals surface area contributed by atoms with Crippen molar-refractivity contribution in [2.24, 2.45) is 0 Å². The van der Waals surface area contributed by atoms with Gasteiger partial charge in [-0.05, 0) is 56.4 Å². The van der Waals surface area contributed by atoms with E-state index in [-0.39, 0.29) is 26.4 Å². The predicted octanol–water partition coefficient (Wildman–Crippen LogP) is 4.42. The number of benzene rings is 2. The van der Waals surface area contributed by atoms with E-state index in [0.717, 1.165) is 31.0 Å². The van der Waals surface area contributed by atoms with Crippen molar-refractivity contribution >= 4 is 60.1 Å². The van der Waals surface area contributed by atoms with Crippen molar-refractivity contribution in [1.29, 1.82) is 0 Å². The molecule has 0 saturated carbocycles. The van der Waals surface area contributed by atoms with Gasteiger partial charge in [-0.15, -0.1) is 0 Å². The number of nitrogens with zero attached hydrogens (tertiary/aromatic N) is 2. The molecule has 0 aliphatic carbocycles. The molecule has 3 amide bonds. The zero-order valence-corrected chi connectivity index (χ0v) is 20.7. The summed E-state index contributed by atoms with van der Waals surface area (Å²) in [4.78, 5) is 31.1. The van der Waals surface area contributed by atoms with E-state index in [1.807, 2.05) is 13.8 Å². The molecule has 2 aromatic carbocycles. The third-order valence-electron chi connectivity index (χ3n) is 5.07. The van der Waals surface area contributed by atoms with E-state index in [0.29, 0.717) is 16.6 Å². The van der Waals surface area contributed by atoms with Crippen LogP contribution in [-0.2, 0) is 9.84 Å². The van der Waals surface area contributed by atoms with E-state index in [1.165, 1.54) is 12.1 Å². The maximum Gasteiger partial charge on any atom is 0.327 e. The highest BCUT2D eigenvalue weighted by Gasteiger charge is 2.18. The molecule has 11 heteroatoms. The second-order valence-corrected chi connectivity index (χ2v) is 10.8. The number of hydrogen-bond acceptors (Lipinski definition) is 7. The van der Waals surface area contributed by atoms with Crippen LogP contribution in [0.2, 0.25) is 5.02 Å². The topological polar surface area (TPSA) is 108 Å². The Bertz CT molecular complexity index is 1260. The maximum atomic E-state index is 12.7. The van der Waals surface area contributed by atoms with Gasteiger partial charge in [0.1, 0.15) is 0 Å². The average Bonchev–Trinajstić information content (AvgIpc) is 3.18. The molecule has 0 saturated heterocycles. The summed E-state index contributed by atoms with van der Waals surface area (Å²) in [5.41, 5.74) is 0.726. The van der Waals surface area contributed by atoms with Crippen LogP contribution >= 0.6 is 22.9 Å². The molecule has 0 unspecified atom stereocenters. The number of thiazole rings is 1. The molecule has 2 N–H and O–H groups in total. The van der Waals surface area contributed by atoms with Crippen LogP contribution in [0.3, 0.4) is 0 Å². The van der Waals surface area contributed by atoms with Crippen molar-refractivity contribution in [2.75, 3.05) is 30.7 Å². The van der Waals surface area contributed by atoms with E-state index < -0.39 is 21.8 Å². The smallest absolute Gasteiger partial charge is 0.304 e. The van der Waals surface area contributed by atoms with E-state index in [9.17, 15) is 18.0 Å². The fraction of sp³-hybridized carbons (Fsp3) is 0.318. The predicted molar refractivity (Wildman–Crippen MR) is 132 cm³/mol. The van der Waals surface area contributed by atoms with Crippen molar-refractivity contribution in [3.05, 3.63) is 53.1 Å². The van der Waals surface area contributed by atoms with Crippen molar-refractivity contribution in [3.63, 3.8) is 0 Å². The van der Waals surface area contributed by atoms with Gasteiger partial charge in [-0.3, -0.25) is 15.4 Å². The molecule has 3 aromatic rings. The molecule has 0 fully saturated rings. The standard InChI is InChI=1S/C22H25ClN4O4S2/c1-3-27(4-2)12-7-13-33(30,31)15-10-11-18-19(14-15)32-22(24-18)26-21(29)25-20(28)16-8-5-6-9-17(16)23/h5-6,8-11,14H,3-4,7,12-13H2,1-2H3,(H2,24,25,26,28,29). The van der Waals surface area contributed by atoms with E-state index >= 15 is 0 Å². The van der Waals surface area contributed by atoms with Crippen LogP contribution < -0.4 is 10.6 Å². The number of fused-ring (bicyclic) bond motifs is 1. The maximum absolute atomic E-state index is 12.7. The third kappa shape index (κ3) is 6.50. The highest BCUT2D eigenvalue weighted by atomic mass is 35.5. The minimum atomic E-state index is -3.43. The van der Waals surface area contributed by atoms with Gasteiger partial charge in [-0.25, -0.2) is 18.2 Å². The molecule has 0 radical (unpaired) electrons. The lowest BCUT2D eigenvalue weighted by molar-refractivity contribution is 0.0967. The third-order valence-corrected chi connectivity index (χ3v) is 8.13. The van der Waals surface area contributed by atoms with Gasteiger partial charge >= 0.3 is 6.03 Å². The van der Waals surface area contributed by atoms with E-state index in [4.69, 9.17) is 11.6 Å². The fourth-order valence-electron chi connectivity index (χ4n) is 3.23. The molecule has 1 heterocycles. The lowest BCUT2D eigenvalue weighted by Gasteiger charge is -2.17. The Hall–Kier alpha value is -2.53. The van der Waals surface area contributed by atoms with Gasteiger partial charge in [0.15, 0.2) is 15.0 Å². The van der Waals surface area contributed by atoms with Crippen LogP contribution in [0, 0.1) is 0 Å². The molecule has 0 spiro atoms. The first-order valence-corrected chi connectivity index (χ1v) is 13.3. The second kappa shape index (κ2) is 11.1. The van der Waals surface area contributed by atoms with Crippen LogP contribution in [0.25, 0.3) is 10.2 Å². The number of hydrogen-bond donors (Lipinski definition) is 2. The number of aromatic nitrogens is 1. The number of rotatable bonds is 9. The Balaban J connectivity index is 1.66. The van der Waals surface area contributed by atoms with Gasteiger partial charge in [0, 0.05) is 0 Å². The number of sulfone groups is 1. The lowest BCUT2D eigenvalue weighted by Crippen LogP contribution is -2.34. The van der Waals surface area contributed by atoms with Crippen molar-refractivity contribution in [2.45, 2.75) is 25.2 Å². The lowest BCUT2D eigenvalue weighted by atomic mass is 10.2. The molecular weight excluding hydrogens is 484 g/mol. The largest absolute Gasteiger partial charge is 0.327 e. The first-order chi connectivity index (χ1) is 15.7. The number of carbonyl (C=O) groups is 2. The molecule has 3 rings (SSSR count). The SMILES string of the molecule is CCN(CC)CCCS(=O)(=O)c1ccc2nc(NC(=O)NC(=O)c3ccccc3Cl)sc2c1. The monoisotopic (exact) mass is 508 g/mol. The Labute approximate surface area is 201 Å². The van der Waals surface area contributed by atoms with Gasteiger partial charge in [0.25, 0.3) is 5.91 Å². The minimum Gasteiger partial charge on any atom is -0.304 e. The highest BCUT2D eigenvalue weighted by molar-refractivity contribution is 7.91. The molecule has 0 aliphatic heterocycles. The summed E-state index contributed by atoms with van der Waals surface area (Å²) < 4.78 is 26.1. The van der Waals surface area contributed by atoms with Gasteiger partial charge in [-0.2, -0.15) is 0 Å². The van der Waals surface area contributed by atoms with Gasteiger partial charge in [-0.1, -0.05) is 48.9 Å². The minimum absolute atomic E-state index is 0.0610. The van der Waals surface area contributed by atoms with Crippen LogP contribution in [0.5, 0.6) is 0 Å². The fourth-order valence-corrected chi connectivity index (χ4v) is 5.75. The molecule has 1 aromatic heterocycles. The van der Waals surface area contributed by atoms with E-state index in [2.05, 4.69) is 20.5 Å². The summed E-state index contributed by atoms with van der Waals surface area (Å²) in [7, 11) is -3.43. The van der Waals surface area contributed by atoms with Gasteiger partial charge in [0.2, 0.25) is 0 Å². The number of nitrogens with one attached hydrogen (secondary N) is 2. The normalized spacial score (nSPS) is 11.6. The van der Waals surface area contributed by atoms with Crippen molar-refractivity contribution < 1.29 is 18.0 Å². The average molecular weight is 509 g/mol.